The van der Waals surface area contributed by atoms with E-state index in [-0.39, 0.29) is 0 Å². The summed E-state index contributed by atoms with van der Waals surface area (Å²) in [6.45, 7) is 5.48. The lowest BCUT2D eigenvalue weighted by molar-refractivity contribution is 0.453. The molecule has 1 unspecified atom stereocenters. The number of thioether (sulfide) groups is 1. The second kappa shape index (κ2) is 5.74. The number of oxazole rings is 1. The molecule has 0 aliphatic rings. The SMILES string of the molecule is C#CCNCC(C)Sc1nc(C)co1. The average Bonchev–Trinajstić information content (AvgIpc) is 2.52. The lowest BCUT2D eigenvalue weighted by Gasteiger charge is -2.07. The smallest absolute Gasteiger partial charge is 0.256 e. The molecule has 0 radical (unpaired) electrons. The van der Waals surface area contributed by atoms with E-state index in [0.29, 0.717) is 11.8 Å². The van der Waals surface area contributed by atoms with Gasteiger partial charge in [0.25, 0.3) is 5.22 Å². The average molecular weight is 210 g/mol. The molecule has 76 valence electrons. The van der Waals surface area contributed by atoms with Crippen molar-refractivity contribution in [1.29, 1.82) is 0 Å². The first-order valence-electron chi connectivity index (χ1n) is 4.45. The number of hydrogen-bond acceptors (Lipinski definition) is 4. The minimum absolute atomic E-state index is 0.404. The van der Waals surface area contributed by atoms with Crippen molar-refractivity contribution < 1.29 is 4.42 Å². The molecular formula is C10H14N2OS. The lowest BCUT2D eigenvalue weighted by atomic mass is 10.4. The molecule has 1 aromatic heterocycles. The molecule has 1 N–H and O–H groups in total. The fraction of sp³-hybridized carbons (Fsp3) is 0.500. The third-order valence-electron chi connectivity index (χ3n) is 1.56. The van der Waals surface area contributed by atoms with Crippen LogP contribution in [0.25, 0.3) is 0 Å². The van der Waals surface area contributed by atoms with E-state index >= 15 is 0 Å². The molecule has 1 heterocycles. The number of rotatable bonds is 5. The Balaban J connectivity index is 2.27. The third kappa shape index (κ3) is 3.86. The fourth-order valence-electron chi connectivity index (χ4n) is 0.948. The summed E-state index contributed by atoms with van der Waals surface area (Å²) in [7, 11) is 0. The van der Waals surface area contributed by atoms with Crippen LogP contribution in [-0.4, -0.2) is 23.3 Å². The molecule has 14 heavy (non-hydrogen) atoms. The second-order valence-electron chi connectivity index (χ2n) is 3.02. The zero-order chi connectivity index (χ0) is 10.4. The first-order valence-corrected chi connectivity index (χ1v) is 5.33. The van der Waals surface area contributed by atoms with Crippen LogP contribution in [0, 0.1) is 19.3 Å². The predicted molar refractivity (Wildman–Crippen MR) is 58.3 cm³/mol. The third-order valence-corrected chi connectivity index (χ3v) is 2.52. The summed E-state index contributed by atoms with van der Waals surface area (Å²) in [6.07, 6.45) is 6.78. The molecule has 0 spiro atoms. The summed E-state index contributed by atoms with van der Waals surface area (Å²) in [5.41, 5.74) is 0.913. The van der Waals surface area contributed by atoms with Gasteiger partial charge in [-0.3, -0.25) is 0 Å². The monoisotopic (exact) mass is 210 g/mol. The molecule has 0 fully saturated rings. The van der Waals surface area contributed by atoms with Crippen molar-refractivity contribution in [3.63, 3.8) is 0 Å². The first kappa shape index (κ1) is 11.2. The van der Waals surface area contributed by atoms with Crippen LogP contribution in [0.1, 0.15) is 12.6 Å². The first-order chi connectivity index (χ1) is 6.72. The summed E-state index contributed by atoms with van der Waals surface area (Å²) in [4.78, 5) is 4.21. The molecule has 1 rings (SSSR count). The largest absolute Gasteiger partial charge is 0.440 e. The maximum Gasteiger partial charge on any atom is 0.256 e. The van der Waals surface area contributed by atoms with Gasteiger partial charge in [0, 0.05) is 11.8 Å². The van der Waals surface area contributed by atoms with Gasteiger partial charge in [-0.25, -0.2) is 4.98 Å². The highest BCUT2D eigenvalue weighted by atomic mass is 32.2. The maximum absolute atomic E-state index is 5.22. The van der Waals surface area contributed by atoms with Crippen LogP contribution >= 0.6 is 11.8 Å². The normalized spacial score (nSPS) is 12.4. The van der Waals surface area contributed by atoms with Crippen molar-refractivity contribution in [2.45, 2.75) is 24.3 Å². The fourth-order valence-corrected chi connectivity index (χ4v) is 1.79. The van der Waals surface area contributed by atoms with Crippen LogP contribution < -0.4 is 5.32 Å². The van der Waals surface area contributed by atoms with E-state index in [1.54, 1.807) is 18.0 Å². The Bertz CT molecular complexity index is 316. The number of nitrogens with one attached hydrogen (secondary N) is 1. The van der Waals surface area contributed by atoms with Gasteiger partial charge >= 0.3 is 0 Å². The van der Waals surface area contributed by atoms with Gasteiger partial charge in [-0.05, 0) is 6.92 Å². The molecule has 0 amide bonds. The van der Waals surface area contributed by atoms with E-state index < -0.39 is 0 Å². The summed E-state index contributed by atoms with van der Waals surface area (Å²) in [6, 6.07) is 0. The molecule has 0 aliphatic heterocycles. The molecule has 1 atom stereocenters. The van der Waals surface area contributed by atoms with E-state index in [1.807, 2.05) is 6.92 Å². The number of aryl methyl sites for hydroxylation is 1. The van der Waals surface area contributed by atoms with E-state index in [2.05, 4.69) is 23.1 Å². The molecule has 1 aromatic rings. The Morgan fingerprint density at radius 2 is 2.57 bits per heavy atom. The molecule has 0 saturated heterocycles. The van der Waals surface area contributed by atoms with E-state index in [9.17, 15) is 0 Å². The molecule has 0 aliphatic carbocycles. The highest BCUT2D eigenvalue weighted by molar-refractivity contribution is 7.99. The Hall–Kier alpha value is -0.920. The minimum atomic E-state index is 0.404. The number of terminal acetylenes is 1. The molecule has 4 heteroatoms. The molecular weight excluding hydrogens is 196 g/mol. The minimum Gasteiger partial charge on any atom is -0.440 e. The highest BCUT2D eigenvalue weighted by Crippen LogP contribution is 2.21. The highest BCUT2D eigenvalue weighted by Gasteiger charge is 2.07. The summed E-state index contributed by atoms with van der Waals surface area (Å²) >= 11 is 1.61. The Morgan fingerprint density at radius 1 is 1.79 bits per heavy atom. The van der Waals surface area contributed by atoms with Gasteiger partial charge in [-0.1, -0.05) is 24.6 Å². The zero-order valence-electron chi connectivity index (χ0n) is 8.41. The van der Waals surface area contributed by atoms with Gasteiger partial charge in [-0.15, -0.1) is 6.42 Å². The van der Waals surface area contributed by atoms with Crippen LogP contribution in [0.5, 0.6) is 0 Å². The summed E-state index contributed by atoms with van der Waals surface area (Å²) < 4.78 is 5.22. The Labute approximate surface area is 88.7 Å². The number of aromatic nitrogens is 1. The van der Waals surface area contributed by atoms with E-state index in [1.165, 1.54) is 0 Å². The van der Waals surface area contributed by atoms with Crippen molar-refractivity contribution in [2.24, 2.45) is 0 Å². The van der Waals surface area contributed by atoms with E-state index in [4.69, 9.17) is 10.8 Å². The maximum atomic E-state index is 5.22. The van der Waals surface area contributed by atoms with Gasteiger partial charge in [0.05, 0.1) is 12.2 Å². The molecule has 0 aromatic carbocycles. The molecule has 3 nitrogen and oxygen atoms in total. The number of hydrogen-bond donors (Lipinski definition) is 1. The van der Waals surface area contributed by atoms with Crippen LogP contribution in [0.3, 0.4) is 0 Å². The van der Waals surface area contributed by atoms with Crippen molar-refractivity contribution in [3.05, 3.63) is 12.0 Å². The number of nitrogens with zero attached hydrogens (tertiary/aromatic N) is 1. The molecule has 0 bridgehead atoms. The van der Waals surface area contributed by atoms with E-state index in [0.717, 1.165) is 17.5 Å². The van der Waals surface area contributed by atoms with Gasteiger partial charge in [-0.2, -0.15) is 0 Å². The molecule has 0 saturated carbocycles. The lowest BCUT2D eigenvalue weighted by Crippen LogP contribution is -2.22. The van der Waals surface area contributed by atoms with Crippen LogP contribution in [0.2, 0.25) is 0 Å². The van der Waals surface area contributed by atoms with Crippen LogP contribution in [-0.2, 0) is 0 Å². The quantitative estimate of drug-likeness (QED) is 0.456. The topological polar surface area (TPSA) is 38.1 Å². The predicted octanol–water partition coefficient (Wildman–Crippen LogP) is 1.69. The van der Waals surface area contributed by atoms with Gasteiger partial charge < -0.3 is 9.73 Å². The van der Waals surface area contributed by atoms with Crippen molar-refractivity contribution in [3.8, 4) is 12.3 Å². The Kier molecular flexibility index (Phi) is 4.57. The van der Waals surface area contributed by atoms with Gasteiger partial charge in [0.1, 0.15) is 6.26 Å². The van der Waals surface area contributed by atoms with Crippen molar-refractivity contribution >= 4 is 11.8 Å². The zero-order valence-corrected chi connectivity index (χ0v) is 9.23. The van der Waals surface area contributed by atoms with Gasteiger partial charge in [0.2, 0.25) is 0 Å². The van der Waals surface area contributed by atoms with Crippen molar-refractivity contribution in [2.75, 3.05) is 13.1 Å². The summed E-state index contributed by atoms with van der Waals surface area (Å²) in [5.74, 6) is 2.53. The summed E-state index contributed by atoms with van der Waals surface area (Å²) in [5, 5.41) is 4.26. The second-order valence-corrected chi connectivity index (χ2v) is 4.41. The van der Waals surface area contributed by atoms with Crippen molar-refractivity contribution in [1.82, 2.24) is 10.3 Å². The van der Waals surface area contributed by atoms with Crippen LogP contribution in [0.4, 0.5) is 0 Å². The Morgan fingerprint density at radius 3 is 3.14 bits per heavy atom. The van der Waals surface area contributed by atoms with Gasteiger partial charge in [0.15, 0.2) is 0 Å². The van der Waals surface area contributed by atoms with Crippen LogP contribution in [0.15, 0.2) is 15.9 Å². The standard InChI is InChI=1S/C10H14N2OS/c1-4-5-11-6-9(3)14-10-12-8(2)7-13-10/h1,7,9,11H,5-6H2,2-3H3.